The first-order valence-corrected chi connectivity index (χ1v) is 10.6. The Morgan fingerprint density at radius 3 is 2.80 bits per heavy atom. The highest BCUT2D eigenvalue weighted by molar-refractivity contribution is 5.77. The summed E-state index contributed by atoms with van der Waals surface area (Å²) in [7, 11) is 0. The van der Waals surface area contributed by atoms with Crippen LogP contribution in [0.3, 0.4) is 0 Å². The van der Waals surface area contributed by atoms with Gasteiger partial charge in [0.15, 0.2) is 0 Å². The Kier molecular flexibility index (Phi) is 5.84. The van der Waals surface area contributed by atoms with E-state index in [0.29, 0.717) is 18.9 Å². The molecule has 0 unspecified atom stereocenters. The Balaban J connectivity index is 1.58. The van der Waals surface area contributed by atoms with Crippen LogP contribution in [-0.4, -0.2) is 40.4 Å². The number of aryl methyl sites for hydroxylation is 1. The Labute approximate surface area is 177 Å². The van der Waals surface area contributed by atoms with Crippen molar-refractivity contribution in [3.8, 4) is 0 Å². The molecule has 2 aliphatic rings. The molecular weight excluding hydrogens is 379 g/mol. The molecule has 0 N–H and O–H groups in total. The van der Waals surface area contributed by atoms with Crippen molar-refractivity contribution in [2.24, 2.45) is 11.8 Å². The second kappa shape index (κ2) is 8.54. The number of hydrogen-bond acceptors (Lipinski definition) is 4. The molecule has 6 heteroatoms. The first-order valence-electron chi connectivity index (χ1n) is 10.6. The van der Waals surface area contributed by atoms with Gasteiger partial charge < -0.3 is 9.80 Å². The van der Waals surface area contributed by atoms with Crippen LogP contribution in [0.1, 0.15) is 44.0 Å². The van der Waals surface area contributed by atoms with Crippen molar-refractivity contribution >= 4 is 11.7 Å². The van der Waals surface area contributed by atoms with Crippen LogP contribution in [0.15, 0.2) is 48.3 Å². The molecule has 2 fully saturated rings. The smallest absolute Gasteiger partial charge is 0.223 e. The van der Waals surface area contributed by atoms with Gasteiger partial charge >= 0.3 is 0 Å². The van der Waals surface area contributed by atoms with Crippen LogP contribution in [0.5, 0.6) is 0 Å². The normalized spacial score (nSPS) is 22.9. The SMILES string of the molecule is CC(C)=CCCC(=O)N1C[C@@H]2CN(c3cncc(C)n3)C[C@@H]2[C@H]1c1cccc(F)c1. The van der Waals surface area contributed by atoms with Gasteiger partial charge in [-0.3, -0.25) is 9.78 Å². The van der Waals surface area contributed by atoms with Crippen molar-refractivity contribution in [3.63, 3.8) is 0 Å². The summed E-state index contributed by atoms with van der Waals surface area (Å²) in [5.41, 5.74) is 3.00. The summed E-state index contributed by atoms with van der Waals surface area (Å²) in [5, 5.41) is 0. The summed E-state index contributed by atoms with van der Waals surface area (Å²) < 4.78 is 14.0. The molecule has 1 aromatic heterocycles. The molecule has 2 saturated heterocycles. The monoisotopic (exact) mass is 408 g/mol. The van der Waals surface area contributed by atoms with Gasteiger partial charge in [0, 0.05) is 44.1 Å². The average molecular weight is 409 g/mol. The molecule has 4 rings (SSSR count). The van der Waals surface area contributed by atoms with Crippen LogP contribution in [-0.2, 0) is 4.79 Å². The van der Waals surface area contributed by atoms with E-state index in [4.69, 9.17) is 0 Å². The van der Waals surface area contributed by atoms with Gasteiger partial charge in [-0.15, -0.1) is 0 Å². The third kappa shape index (κ3) is 4.23. The van der Waals surface area contributed by atoms with E-state index in [0.717, 1.165) is 36.6 Å². The third-order valence-corrected chi connectivity index (χ3v) is 6.15. The van der Waals surface area contributed by atoms with Gasteiger partial charge in [-0.2, -0.15) is 0 Å². The number of carbonyl (C=O) groups excluding carboxylic acids is 1. The lowest BCUT2D eigenvalue weighted by Gasteiger charge is -2.30. The zero-order chi connectivity index (χ0) is 21.3. The van der Waals surface area contributed by atoms with Gasteiger partial charge in [-0.25, -0.2) is 9.37 Å². The molecule has 1 aromatic carbocycles. The van der Waals surface area contributed by atoms with Crippen LogP contribution in [0.25, 0.3) is 0 Å². The molecule has 30 heavy (non-hydrogen) atoms. The lowest BCUT2D eigenvalue weighted by atomic mass is 9.89. The topological polar surface area (TPSA) is 49.3 Å². The number of carbonyl (C=O) groups is 1. The molecule has 3 atom stereocenters. The van der Waals surface area contributed by atoms with E-state index in [1.807, 2.05) is 31.7 Å². The maximum atomic E-state index is 14.0. The van der Waals surface area contributed by atoms with E-state index in [1.165, 1.54) is 11.6 Å². The van der Waals surface area contributed by atoms with Crippen LogP contribution in [0.4, 0.5) is 10.2 Å². The molecular formula is C24H29FN4O. The first kappa shape index (κ1) is 20.5. The van der Waals surface area contributed by atoms with Crippen molar-refractivity contribution in [2.45, 2.75) is 39.7 Å². The third-order valence-electron chi connectivity index (χ3n) is 6.15. The summed E-state index contributed by atoms with van der Waals surface area (Å²) in [5.74, 6) is 1.36. The summed E-state index contributed by atoms with van der Waals surface area (Å²) in [6.45, 7) is 8.37. The molecule has 5 nitrogen and oxygen atoms in total. The fourth-order valence-electron chi connectivity index (χ4n) is 4.84. The highest BCUT2D eigenvalue weighted by Gasteiger charge is 2.49. The van der Waals surface area contributed by atoms with E-state index in [-0.39, 0.29) is 23.7 Å². The van der Waals surface area contributed by atoms with Crippen LogP contribution in [0, 0.1) is 24.6 Å². The number of fused-ring (bicyclic) bond motifs is 1. The predicted molar refractivity (Wildman–Crippen MR) is 115 cm³/mol. The molecule has 0 radical (unpaired) electrons. The summed E-state index contributed by atoms with van der Waals surface area (Å²) in [6.07, 6.45) is 6.89. The van der Waals surface area contributed by atoms with E-state index in [1.54, 1.807) is 24.5 Å². The molecule has 158 valence electrons. The number of likely N-dealkylation sites (tertiary alicyclic amines) is 1. The fourth-order valence-corrected chi connectivity index (χ4v) is 4.84. The maximum absolute atomic E-state index is 14.0. The number of amides is 1. The van der Waals surface area contributed by atoms with Gasteiger partial charge in [0.1, 0.15) is 11.6 Å². The second-order valence-electron chi connectivity index (χ2n) is 8.71. The summed E-state index contributed by atoms with van der Waals surface area (Å²) >= 11 is 0. The minimum absolute atomic E-state index is 0.104. The fraction of sp³-hybridized carbons (Fsp3) is 0.458. The van der Waals surface area contributed by atoms with Crippen LogP contribution >= 0.6 is 0 Å². The number of rotatable bonds is 5. The van der Waals surface area contributed by atoms with Gasteiger partial charge in [0.05, 0.1) is 17.9 Å². The van der Waals surface area contributed by atoms with Crippen LogP contribution < -0.4 is 4.90 Å². The molecule has 0 spiro atoms. The summed E-state index contributed by atoms with van der Waals surface area (Å²) in [4.78, 5) is 26.2. The minimum atomic E-state index is -0.257. The van der Waals surface area contributed by atoms with Crippen molar-refractivity contribution in [2.75, 3.05) is 24.5 Å². The number of benzene rings is 1. The van der Waals surface area contributed by atoms with E-state index >= 15 is 0 Å². The van der Waals surface area contributed by atoms with Gasteiger partial charge in [0.25, 0.3) is 0 Å². The van der Waals surface area contributed by atoms with E-state index < -0.39 is 0 Å². The van der Waals surface area contributed by atoms with Crippen molar-refractivity contribution in [3.05, 3.63) is 65.4 Å². The average Bonchev–Trinajstić information content (AvgIpc) is 3.25. The number of allylic oxidation sites excluding steroid dienone is 2. The van der Waals surface area contributed by atoms with Crippen LogP contribution in [0.2, 0.25) is 0 Å². The Morgan fingerprint density at radius 1 is 1.23 bits per heavy atom. The standard InChI is InChI=1S/C24H29FN4O/c1-16(2)6-4-9-23(30)29-14-19-13-28(22-12-26-11-17(3)27-22)15-21(19)24(29)18-7-5-8-20(25)10-18/h5-8,10-12,19,21,24H,4,9,13-15H2,1-3H3/t19-,21-,24+/m0/s1. The van der Waals surface area contributed by atoms with E-state index in [9.17, 15) is 9.18 Å². The quantitative estimate of drug-likeness (QED) is 0.692. The minimum Gasteiger partial charge on any atom is -0.355 e. The molecule has 0 saturated carbocycles. The van der Waals surface area contributed by atoms with Crippen molar-refractivity contribution < 1.29 is 9.18 Å². The molecule has 2 aromatic rings. The lowest BCUT2D eigenvalue weighted by Crippen LogP contribution is -2.35. The van der Waals surface area contributed by atoms with E-state index in [2.05, 4.69) is 20.9 Å². The van der Waals surface area contributed by atoms with Gasteiger partial charge in [0.2, 0.25) is 5.91 Å². The largest absolute Gasteiger partial charge is 0.355 e. The zero-order valence-corrected chi connectivity index (χ0v) is 17.9. The number of anilines is 1. The highest BCUT2D eigenvalue weighted by Crippen LogP contribution is 2.46. The highest BCUT2D eigenvalue weighted by atomic mass is 19.1. The Morgan fingerprint density at radius 2 is 2.07 bits per heavy atom. The predicted octanol–water partition coefficient (Wildman–Crippen LogP) is 4.31. The molecule has 1 amide bonds. The van der Waals surface area contributed by atoms with Gasteiger partial charge in [-0.05, 0) is 44.9 Å². The maximum Gasteiger partial charge on any atom is 0.223 e. The van der Waals surface area contributed by atoms with Crippen molar-refractivity contribution in [1.82, 2.24) is 14.9 Å². The van der Waals surface area contributed by atoms with Gasteiger partial charge in [-0.1, -0.05) is 23.8 Å². The lowest BCUT2D eigenvalue weighted by molar-refractivity contribution is -0.132. The Bertz CT molecular complexity index is 956. The summed E-state index contributed by atoms with van der Waals surface area (Å²) in [6, 6.07) is 6.62. The number of aromatic nitrogens is 2. The number of hydrogen-bond donors (Lipinski definition) is 0. The number of nitrogens with zero attached hydrogens (tertiary/aromatic N) is 4. The molecule has 0 aliphatic carbocycles. The van der Waals surface area contributed by atoms with Crippen molar-refractivity contribution in [1.29, 1.82) is 0 Å². The first-order chi connectivity index (χ1) is 14.4. The molecule has 2 aliphatic heterocycles. The molecule has 3 heterocycles. The second-order valence-corrected chi connectivity index (χ2v) is 8.71. The molecule has 0 bridgehead atoms. The Hall–Kier alpha value is -2.76. The zero-order valence-electron chi connectivity index (χ0n) is 17.9. The number of halogens is 1.